The van der Waals surface area contributed by atoms with Gasteiger partial charge in [0.15, 0.2) is 0 Å². The molecule has 0 bridgehead atoms. The zero-order valence-electron chi connectivity index (χ0n) is 10.1. The Kier molecular flexibility index (Phi) is 5.09. The van der Waals surface area contributed by atoms with Crippen LogP contribution in [0.5, 0.6) is 0 Å². The topological polar surface area (TPSA) is 72.9 Å². The number of carbonyl (C=O) groups is 3. The molecule has 1 heterocycles. The highest BCUT2D eigenvalue weighted by Crippen LogP contribution is 2.12. The van der Waals surface area contributed by atoms with Gasteiger partial charge in [0.05, 0.1) is 0 Å². The van der Waals surface area contributed by atoms with E-state index < -0.39 is 17.8 Å². The quantitative estimate of drug-likeness (QED) is 0.506. The van der Waals surface area contributed by atoms with Gasteiger partial charge in [0.2, 0.25) is 0 Å². The minimum Gasteiger partial charge on any atom is -0.370 e. The lowest BCUT2D eigenvalue weighted by molar-refractivity contribution is -0.200. The molecule has 0 aromatic heterocycles. The van der Waals surface area contributed by atoms with Gasteiger partial charge in [-0.15, -0.1) is 5.06 Å². The van der Waals surface area contributed by atoms with E-state index in [-0.39, 0.29) is 19.4 Å². The summed E-state index contributed by atoms with van der Waals surface area (Å²) in [4.78, 5) is 38.1. The predicted molar refractivity (Wildman–Crippen MR) is 57.5 cm³/mol. The van der Waals surface area contributed by atoms with Crippen LogP contribution in [0.15, 0.2) is 0 Å². The molecular formula is C11H17NO5. The van der Waals surface area contributed by atoms with Crippen molar-refractivity contribution in [2.24, 2.45) is 5.92 Å². The normalized spacial score (nSPS) is 15.8. The van der Waals surface area contributed by atoms with E-state index in [4.69, 9.17) is 4.74 Å². The van der Waals surface area contributed by atoms with Crippen LogP contribution in [0.25, 0.3) is 0 Å². The second-order valence-electron chi connectivity index (χ2n) is 4.28. The zero-order valence-corrected chi connectivity index (χ0v) is 10.1. The molecule has 6 heteroatoms. The highest BCUT2D eigenvalue weighted by Gasteiger charge is 2.32. The number of rotatable bonds is 6. The van der Waals surface area contributed by atoms with Gasteiger partial charge in [-0.2, -0.15) is 0 Å². The van der Waals surface area contributed by atoms with Crippen molar-refractivity contribution in [2.45, 2.75) is 33.1 Å². The molecule has 0 aromatic rings. The van der Waals surface area contributed by atoms with Crippen LogP contribution in [0.1, 0.15) is 33.1 Å². The van der Waals surface area contributed by atoms with E-state index in [0.717, 1.165) is 6.42 Å². The van der Waals surface area contributed by atoms with Gasteiger partial charge in [0, 0.05) is 19.4 Å². The lowest BCUT2D eigenvalue weighted by Crippen LogP contribution is -2.33. The maximum absolute atomic E-state index is 11.2. The molecule has 0 spiro atoms. The number of imide groups is 1. The first-order chi connectivity index (χ1) is 8.00. The molecule has 0 atom stereocenters. The van der Waals surface area contributed by atoms with Crippen LogP contribution < -0.4 is 0 Å². The number of hydroxylamine groups is 2. The second-order valence-corrected chi connectivity index (χ2v) is 4.28. The van der Waals surface area contributed by atoms with Gasteiger partial charge < -0.3 is 9.57 Å². The first-order valence-corrected chi connectivity index (χ1v) is 5.65. The smallest absolute Gasteiger partial charge is 0.358 e. The number of hydrogen-bond acceptors (Lipinski definition) is 5. The first kappa shape index (κ1) is 13.6. The SMILES string of the molecule is CC(C)CCOCC(=O)ON1C(=O)CCC1=O. The molecule has 6 nitrogen and oxygen atoms in total. The van der Waals surface area contributed by atoms with Crippen molar-refractivity contribution < 1.29 is 24.0 Å². The van der Waals surface area contributed by atoms with E-state index in [1.807, 2.05) is 13.8 Å². The fourth-order valence-corrected chi connectivity index (χ4v) is 1.26. The van der Waals surface area contributed by atoms with Crippen LogP contribution in [0.3, 0.4) is 0 Å². The standard InChI is InChI=1S/C11H17NO5/c1-8(2)5-6-16-7-11(15)17-12-9(13)3-4-10(12)14/h8H,3-7H2,1-2H3. The Morgan fingerprint density at radius 1 is 1.29 bits per heavy atom. The Morgan fingerprint density at radius 3 is 2.41 bits per heavy atom. The van der Waals surface area contributed by atoms with Crippen LogP contribution in [0.4, 0.5) is 0 Å². The third-order valence-corrected chi connectivity index (χ3v) is 2.26. The third kappa shape index (κ3) is 4.52. The monoisotopic (exact) mass is 243 g/mol. The molecule has 1 saturated heterocycles. The summed E-state index contributed by atoms with van der Waals surface area (Å²) in [6.45, 7) is 4.30. The molecule has 0 N–H and O–H groups in total. The van der Waals surface area contributed by atoms with E-state index in [9.17, 15) is 14.4 Å². The summed E-state index contributed by atoms with van der Waals surface area (Å²) in [7, 11) is 0. The fraction of sp³-hybridized carbons (Fsp3) is 0.727. The van der Waals surface area contributed by atoms with Gasteiger partial charge in [-0.05, 0) is 12.3 Å². The van der Waals surface area contributed by atoms with Gasteiger partial charge in [-0.25, -0.2) is 4.79 Å². The second kappa shape index (κ2) is 6.34. The Balaban J connectivity index is 2.21. The number of nitrogens with zero attached hydrogens (tertiary/aromatic N) is 1. The van der Waals surface area contributed by atoms with Crippen molar-refractivity contribution in [3.63, 3.8) is 0 Å². The zero-order chi connectivity index (χ0) is 12.8. The van der Waals surface area contributed by atoms with Gasteiger partial charge in [0.25, 0.3) is 11.8 Å². The molecule has 0 radical (unpaired) electrons. The summed E-state index contributed by atoms with van der Waals surface area (Å²) in [5, 5.41) is 0.522. The molecule has 0 saturated carbocycles. The Bertz CT molecular complexity index is 297. The minimum absolute atomic E-state index is 0.0975. The molecular weight excluding hydrogens is 226 g/mol. The van der Waals surface area contributed by atoms with Crippen molar-refractivity contribution in [3.8, 4) is 0 Å². The molecule has 0 aliphatic carbocycles. The molecule has 0 unspecified atom stereocenters. The maximum atomic E-state index is 11.2. The number of amides is 2. The molecule has 96 valence electrons. The molecule has 1 rings (SSSR count). The summed E-state index contributed by atoms with van der Waals surface area (Å²) >= 11 is 0. The van der Waals surface area contributed by atoms with Crippen LogP contribution in [-0.4, -0.2) is 36.1 Å². The average Bonchev–Trinajstić information content (AvgIpc) is 2.56. The van der Waals surface area contributed by atoms with Crippen molar-refractivity contribution in [1.29, 1.82) is 0 Å². The van der Waals surface area contributed by atoms with Gasteiger partial charge in [0.1, 0.15) is 6.61 Å². The number of ether oxygens (including phenoxy) is 1. The lowest BCUT2D eigenvalue weighted by atomic mass is 10.1. The van der Waals surface area contributed by atoms with Crippen molar-refractivity contribution >= 4 is 17.8 Å². The summed E-state index contributed by atoms with van der Waals surface area (Å²) < 4.78 is 5.06. The summed E-state index contributed by atoms with van der Waals surface area (Å²) in [5.74, 6) is -1.19. The van der Waals surface area contributed by atoms with Gasteiger partial charge in [-0.1, -0.05) is 13.8 Å². The largest absolute Gasteiger partial charge is 0.370 e. The summed E-state index contributed by atoms with van der Waals surface area (Å²) in [5.41, 5.74) is 0. The van der Waals surface area contributed by atoms with E-state index in [1.54, 1.807) is 0 Å². The van der Waals surface area contributed by atoms with Crippen LogP contribution >= 0.6 is 0 Å². The molecule has 1 aliphatic heterocycles. The summed E-state index contributed by atoms with van der Waals surface area (Å²) in [6, 6.07) is 0. The van der Waals surface area contributed by atoms with Gasteiger partial charge in [-0.3, -0.25) is 9.59 Å². The molecule has 2 amide bonds. The fourth-order valence-electron chi connectivity index (χ4n) is 1.26. The number of carbonyl (C=O) groups excluding carboxylic acids is 3. The van der Waals surface area contributed by atoms with Crippen LogP contribution in [-0.2, 0) is 24.0 Å². The van der Waals surface area contributed by atoms with Crippen molar-refractivity contribution in [2.75, 3.05) is 13.2 Å². The average molecular weight is 243 g/mol. The highest BCUT2D eigenvalue weighted by molar-refractivity contribution is 6.01. The maximum Gasteiger partial charge on any atom is 0.358 e. The van der Waals surface area contributed by atoms with E-state index in [1.165, 1.54) is 0 Å². The van der Waals surface area contributed by atoms with Crippen LogP contribution in [0, 0.1) is 5.92 Å². The van der Waals surface area contributed by atoms with Gasteiger partial charge >= 0.3 is 5.97 Å². The van der Waals surface area contributed by atoms with E-state index >= 15 is 0 Å². The minimum atomic E-state index is -0.725. The first-order valence-electron chi connectivity index (χ1n) is 5.65. The molecule has 0 aromatic carbocycles. The highest BCUT2D eigenvalue weighted by atomic mass is 16.7. The van der Waals surface area contributed by atoms with E-state index in [2.05, 4.69) is 4.84 Å². The van der Waals surface area contributed by atoms with Crippen molar-refractivity contribution in [3.05, 3.63) is 0 Å². The molecule has 1 fully saturated rings. The van der Waals surface area contributed by atoms with E-state index in [0.29, 0.717) is 17.6 Å². The summed E-state index contributed by atoms with van der Waals surface area (Å²) in [6.07, 6.45) is 1.04. The molecule has 1 aliphatic rings. The Labute approximate surface area is 99.8 Å². The number of hydrogen-bond donors (Lipinski definition) is 0. The Morgan fingerprint density at radius 2 is 1.88 bits per heavy atom. The third-order valence-electron chi connectivity index (χ3n) is 2.26. The molecule has 17 heavy (non-hydrogen) atoms. The van der Waals surface area contributed by atoms with Crippen molar-refractivity contribution in [1.82, 2.24) is 5.06 Å². The Hall–Kier alpha value is -1.43. The van der Waals surface area contributed by atoms with Crippen LogP contribution in [0.2, 0.25) is 0 Å². The predicted octanol–water partition coefficient (Wildman–Crippen LogP) is 0.656. The lowest BCUT2D eigenvalue weighted by Gasteiger charge is -2.12.